The van der Waals surface area contributed by atoms with Crippen molar-refractivity contribution < 1.29 is 15.0 Å². The number of aromatic hydroxyl groups is 2. The number of likely N-dealkylation sites (N-methyl/N-ethyl adjacent to an activating group) is 1. The monoisotopic (exact) mass is 278 g/mol. The van der Waals surface area contributed by atoms with Crippen molar-refractivity contribution >= 4 is 5.91 Å². The molecular weight excluding hydrogens is 256 g/mol. The summed E-state index contributed by atoms with van der Waals surface area (Å²) in [7, 11) is 1.87. The van der Waals surface area contributed by atoms with Gasteiger partial charge in [-0.15, -0.1) is 0 Å². The number of amides is 1. The van der Waals surface area contributed by atoms with Crippen LogP contribution >= 0.6 is 0 Å². The Kier molecular flexibility index (Phi) is 4.49. The average Bonchev–Trinajstić information content (AvgIpc) is 2.90. The number of carbonyl (C=O) groups is 1. The molecule has 1 aliphatic heterocycles. The van der Waals surface area contributed by atoms with E-state index in [1.165, 1.54) is 6.07 Å². The van der Waals surface area contributed by atoms with E-state index in [2.05, 4.69) is 0 Å². The van der Waals surface area contributed by atoms with Crippen molar-refractivity contribution in [3.63, 3.8) is 0 Å². The Bertz CT molecular complexity index is 464. The van der Waals surface area contributed by atoms with Gasteiger partial charge < -0.3 is 15.1 Å². The number of likely N-dealkylation sites (tertiary alicyclic amines) is 1. The summed E-state index contributed by atoms with van der Waals surface area (Å²) >= 11 is 0. The van der Waals surface area contributed by atoms with E-state index in [1.54, 1.807) is 12.1 Å². The van der Waals surface area contributed by atoms with Crippen molar-refractivity contribution in [1.82, 2.24) is 9.80 Å². The topological polar surface area (TPSA) is 64.0 Å². The molecule has 1 amide bonds. The maximum atomic E-state index is 12.1. The Morgan fingerprint density at radius 1 is 1.25 bits per heavy atom. The van der Waals surface area contributed by atoms with Crippen molar-refractivity contribution in [3.8, 4) is 11.5 Å². The molecule has 5 heteroatoms. The molecule has 0 spiro atoms. The molecule has 1 atom stereocenters. The van der Waals surface area contributed by atoms with Crippen LogP contribution in [-0.2, 0) is 4.79 Å². The Morgan fingerprint density at radius 3 is 2.35 bits per heavy atom. The molecule has 0 aliphatic carbocycles. The van der Waals surface area contributed by atoms with Gasteiger partial charge >= 0.3 is 0 Å². The second-order valence-corrected chi connectivity index (χ2v) is 5.46. The molecule has 1 fully saturated rings. The predicted octanol–water partition coefficient (Wildman–Crippen LogP) is 1.71. The van der Waals surface area contributed by atoms with E-state index in [-0.39, 0.29) is 23.4 Å². The zero-order valence-corrected chi connectivity index (χ0v) is 12.0. The highest BCUT2D eigenvalue weighted by molar-refractivity contribution is 5.78. The van der Waals surface area contributed by atoms with Gasteiger partial charge in [0.1, 0.15) is 11.5 Å². The lowest BCUT2D eigenvalue weighted by molar-refractivity contribution is -0.131. The third-order valence-corrected chi connectivity index (χ3v) is 3.91. The minimum absolute atomic E-state index is 0.0334. The van der Waals surface area contributed by atoms with Crippen molar-refractivity contribution in [2.24, 2.45) is 0 Å². The Hall–Kier alpha value is -1.75. The van der Waals surface area contributed by atoms with Crippen LogP contribution in [0.1, 0.15) is 31.4 Å². The molecule has 2 rings (SSSR count). The minimum Gasteiger partial charge on any atom is -0.508 e. The van der Waals surface area contributed by atoms with E-state index in [1.807, 2.05) is 23.8 Å². The molecule has 1 aliphatic rings. The first-order chi connectivity index (χ1) is 9.47. The van der Waals surface area contributed by atoms with Gasteiger partial charge in [-0.05, 0) is 44.5 Å². The lowest BCUT2D eigenvalue weighted by Crippen LogP contribution is -2.38. The van der Waals surface area contributed by atoms with E-state index >= 15 is 0 Å². The third-order valence-electron chi connectivity index (χ3n) is 3.91. The van der Waals surface area contributed by atoms with Crippen LogP contribution in [0.2, 0.25) is 0 Å². The quantitative estimate of drug-likeness (QED) is 0.880. The minimum atomic E-state index is -0.0560. The van der Waals surface area contributed by atoms with Crippen LogP contribution < -0.4 is 0 Å². The molecule has 0 aromatic heterocycles. The Labute approximate surface area is 119 Å². The summed E-state index contributed by atoms with van der Waals surface area (Å²) < 4.78 is 0. The molecular formula is C15H22N2O3. The maximum absolute atomic E-state index is 12.1. The van der Waals surface area contributed by atoms with Gasteiger partial charge in [-0.25, -0.2) is 0 Å². The highest BCUT2D eigenvalue weighted by Gasteiger charge is 2.22. The van der Waals surface area contributed by atoms with E-state index in [0.29, 0.717) is 6.54 Å². The van der Waals surface area contributed by atoms with Crippen molar-refractivity contribution in [1.29, 1.82) is 0 Å². The standard InChI is InChI=1S/C15H22N2O3/c1-11(12-7-13(18)9-14(19)8-12)16(2)10-15(20)17-5-3-4-6-17/h7-9,11,18-19H,3-6,10H2,1-2H3. The summed E-state index contributed by atoms with van der Waals surface area (Å²) in [6.07, 6.45) is 2.18. The molecule has 0 saturated carbocycles. The normalized spacial score (nSPS) is 16.6. The van der Waals surface area contributed by atoms with Gasteiger partial charge in [-0.3, -0.25) is 9.69 Å². The first kappa shape index (κ1) is 14.7. The number of nitrogens with zero attached hydrogens (tertiary/aromatic N) is 2. The van der Waals surface area contributed by atoms with Gasteiger partial charge in [-0.2, -0.15) is 0 Å². The predicted molar refractivity (Wildman–Crippen MR) is 76.6 cm³/mol. The molecule has 0 bridgehead atoms. The lowest BCUT2D eigenvalue weighted by Gasteiger charge is -2.27. The van der Waals surface area contributed by atoms with Gasteiger partial charge in [0.05, 0.1) is 6.54 Å². The second kappa shape index (κ2) is 6.13. The molecule has 0 radical (unpaired) electrons. The number of rotatable bonds is 4. The highest BCUT2D eigenvalue weighted by Crippen LogP contribution is 2.27. The van der Waals surface area contributed by atoms with Crippen molar-refractivity contribution in [3.05, 3.63) is 23.8 Å². The van der Waals surface area contributed by atoms with Crippen LogP contribution in [0.15, 0.2) is 18.2 Å². The fourth-order valence-electron chi connectivity index (χ4n) is 2.53. The van der Waals surface area contributed by atoms with Crippen LogP contribution in [0.5, 0.6) is 11.5 Å². The summed E-state index contributed by atoms with van der Waals surface area (Å²) in [6.45, 7) is 4.00. The van der Waals surface area contributed by atoms with Crippen molar-refractivity contribution in [2.75, 3.05) is 26.7 Å². The number of phenols is 2. The summed E-state index contributed by atoms with van der Waals surface area (Å²) in [4.78, 5) is 15.9. The fourth-order valence-corrected chi connectivity index (χ4v) is 2.53. The first-order valence-electron chi connectivity index (χ1n) is 6.98. The number of hydrogen-bond donors (Lipinski definition) is 2. The molecule has 1 saturated heterocycles. The van der Waals surface area contributed by atoms with Crippen LogP contribution in [0.4, 0.5) is 0 Å². The first-order valence-corrected chi connectivity index (χ1v) is 6.98. The fraction of sp³-hybridized carbons (Fsp3) is 0.533. The molecule has 110 valence electrons. The molecule has 2 N–H and O–H groups in total. The zero-order valence-electron chi connectivity index (χ0n) is 12.0. The third kappa shape index (κ3) is 3.42. The number of benzene rings is 1. The lowest BCUT2D eigenvalue weighted by atomic mass is 10.1. The number of phenolic OH excluding ortho intramolecular Hbond substituents is 2. The van der Waals surface area contributed by atoms with E-state index in [4.69, 9.17) is 0 Å². The van der Waals surface area contributed by atoms with Gasteiger partial charge in [0.25, 0.3) is 0 Å². The van der Waals surface area contributed by atoms with Gasteiger partial charge in [-0.1, -0.05) is 0 Å². The average molecular weight is 278 g/mol. The molecule has 1 aromatic carbocycles. The molecule has 5 nitrogen and oxygen atoms in total. The van der Waals surface area contributed by atoms with E-state index in [9.17, 15) is 15.0 Å². The maximum Gasteiger partial charge on any atom is 0.236 e. The second-order valence-electron chi connectivity index (χ2n) is 5.46. The summed E-state index contributed by atoms with van der Waals surface area (Å²) in [6, 6.07) is 4.47. The summed E-state index contributed by atoms with van der Waals surface area (Å²) in [5.41, 5.74) is 0.791. The molecule has 1 unspecified atom stereocenters. The van der Waals surface area contributed by atoms with Crippen molar-refractivity contribution in [2.45, 2.75) is 25.8 Å². The summed E-state index contributed by atoms with van der Waals surface area (Å²) in [5, 5.41) is 19.1. The van der Waals surface area contributed by atoms with E-state index in [0.717, 1.165) is 31.5 Å². The van der Waals surface area contributed by atoms with Crippen LogP contribution in [0.25, 0.3) is 0 Å². The van der Waals surface area contributed by atoms with Gasteiger partial charge in [0, 0.05) is 25.2 Å². The van der Waals surface area contributed by atoms with Gasteiger partial charge in [0.15, 0.2) is 0 Å². The Balaban J connectivity index is 2.00. The summed E-state index contributed by atoms with van der Waals surface area (Å²) in [5.74, 6) is 0.207. The largest absolute Gasteiger partial charge is 0.508 e. The van der Waals surface area contributed by atoms with Crippen LogP contribution in [0, 0.1) is 0 Å². The molecule has 1 heterocycles. The highest BCUT2D eigenvalue weighted by atomic mass is 16.3. The Morgan fingerprint density at radius 2 is 1.80 bits per heavy atom. The van der Waals surface area contributed by atoms with Crippen LogP contribution in [0.3, 0.4) is 0 Å². The van der Waals surface area contributed by atoms with E-state index < -0.39 is 0 Å². The number of carbonyl (C=O) groups excluding carboxylic acids is 1. The molecule has 1 aromatic rings. The molecule has 20 heavy (non-hydrogen) atoms. The number of hydrogen-bond acceptors (Lipinski definition) is 4. The van der Waals surface area contributed by atoms with Gasteiger partial charge in [0.2, 0.25) is 5.91 Å². The smallest absolute Gasteiger partial charge is 0.236 e. The SMILES string of the molecule is CC(c1cc(O)cc(O)c1)N(C)CC(=O)N1CCCC1. The zero-order chi connectivity index (χ0) is 14.7. The van der Waals surface area contributed by atoms with Crippen LogP contribution in [-0.4, -0.2) is 52.6 Å².